The maximum atomic E-state index is 10.4. The van der Waals surface area contributed by atoms with Crippen molar-refractivity contribution in [1.29, 1.82) is 0 Å². The Hall–Kier alpha value is -0.280. The predicted molar refractivity (Wildman–Crippen MR) is 70.1 cm³/mol. The predicted octanol–water partition coefficient (Wildman–Crippen LogP) is -1.87. The summed E-state index contributed by atoms with van der Waals surface area (Å²) in [6.07, 6.45) is 1.08. The average molecular weight is 285 g/mol. The number of rotatable bonds is 0. The SMILES string of the molecule is OC1[C@H]2OC3OC4[C@H]2NCCCNCCCN[C@@H]4[C@H]1O3. The van der Waals surface area contributed by atoms with E-state index >= 15 is 0 Å². The van der Waals surface area contributed by atoms with Gasteiger partial charge in [-0.15, -0.1) is 0 Å². The smallest absolute Gasteiger partial charge is 0.272 e. The van der Waals surface area contributed by atoms with Gasteiger partial charge in [-0.3, -0.25) is 0 Å². The molecule has 1 saturated carbocycles. The molecule has 0 aromatic rings. The Morgan fingerprint density at radius 3 is 1.90 bits per heavy atom. The van der Waals surface area contributed by atoms with Crippen LogP contribution in [0.2, 0.25) is 0 Å². The molecule has 4 heterocycles. The summed E-state index contributed by atoms with van der Waals surface area (Å²) in [7, 11) is 0. The van der Waals surface area contributed by atoms with Crippen LogP contribution in [0.4, 0.5) is 0 Å². The first-order valence-electron chi connectivity index (χ1n) is 7.66. The van der Waals surface area contributed by atoms with Crippen LogP contribution in [-0.4, -0.2) is 74.3 Å². The zero-order valence-corrected chi connectivity index (χ0v) is 11.5. The number of hydrogen-bond acceptors (Lipinski definition) is 7. The fourth-order valence-corrected chi connectivity index (χ4v) is 3.74. The molecule has 4 saturated heterocycles. The second-order valence-electron chi connectivity index (χ2n) is 6.00. The fourth-order valence-electron chi connectivity index (χ4n) is 3.74. The van der Waals surface area contributed by atoms with E-state index in [1.54, 1.807) is 0 Å². The minimum Gasteiger partial charge on any atom is -0.388 e. The summed E-state index contributed by atoms with van der Waals surface area (Å²) < 4.78 is 17.1. The molecule has 5 rings (SSSR count). The molecule has 3 unspecified atom stereocenters. The van der Waals surface area contributed by atoms with Gasteiger partial charge < -0.3 is 35.3 Å². The summed E-state index contributed by atoms with van der Waals surface area (Å²) in [6.45, 7) is 3.21. The van der Waals surface area contributed by atoms with Crippen molar-refractivity contribution < 1.29 is 19.3 Å². The van der Waals surface area contributed by atoms with Gasteiger partial charge in [-0.25, -0.2) is 0 Å². The van der Waals surface area contributed by atoms with Gasteiger partial charge in [0, 0.05) is 0 Å². The molecule has 0 aromatic heterocycles. The highest BCUT2D eigenvalue weighted by Gasteiger charge is 2.61. The van der Waals surface area contributed by atoms with E-state index in [2.05, 4.69) is 16.0 Å². The first kappa shape index (κ1) is 13.4. The van der Waals surface area contributed by atoms with Crippen LogP contribution < -0.4 is 16.0 Å². The van der Waals surface area contributed by atoms with Gasteiger partial charge in [-0.2, -0.15) is 0 Å². The molecule has 20 heavy (non-hydrogen) atoms. The quantitative estimate of drug-likeness (QED) is 0.415. The molecular formula is C13H23N3O4. The molecule has 7 atom stereocenters. The zero-order valence-electron chi connectivity index (χ0n) is 11.5. The monoisotopic (exact) mass is 285 g/mol. The van der Waals surface area contributed by atoms with Gasteiger partial charge in [-0.05, 0) is 39.0 Å². The van der Waals surface area contributed by atoms with Crippen molar-refractivity contribution in [3.63, 3.8) is 0 Å². The topological polar surface area (TPSA) is 84.0 Å². The Morgan fingerprint density at radius 1 is 0.750 bits per heavy atom. The molecule has 0 radical (unpaired) electrons. The van der Waals surface area contributed by atoms with Gasteiger partial charge >= 0.3 is 0 Å². The van der Waals surface area contributed by atoms with E-state index in [0.717, 1.165) is 39.0 Å². The Bertz CT molecular complexity index is 331. The number of ether oxygens (including phenoxy) is 3. The van der Waals surface area contributed by atoms with Gasteiger partial charge in [0.15, 0.2) is 0 Å². The lowest BCUT2D eigenvalue weighted by Crippen LogP contribution is -2.80. The van der Waals surface area contributed by atoms with E-state index in [9.17, 15) is 5.11 Å². The van der Waals surface area contributed by atoms with Crippen molar-refractivity contribution in [1.82, 2.24) is 16.0 Å². The van der Waals surface area contributed by atoms with Crippen LogP contribution in [0.1, 0.15) is 12.8 Å². The maximum absolute atomic E-state index is 10.4. The summed E-state index contributed by atoms with van der Waals surface area (Å²) >= 11 is 0. The van der Waals surface area contributed by atoms with E-state index in [1.165, 1.54) is 0 Å². The number of hydrogen-bond donors (Lipinski definition) is 4. The van der Waals surface area contributed by atoms with Crippen molar-refractivity contribution in [3.8, 4) is 0 Å². The summed E-state index contributed by atoms with van der Waals surface area (Å²) in [6, 6.07) is 0.0525. The Morgan fingerprint density at radius 2 is 1.30 bits per heavy atom. The van der Waals surface area contributed by atoms with E-state index in [0.29, 0.717) is 0 Å². The third-order valence-electron chi connectivity index (χ3n) is 4.71. The molecule has 5 aliphatic rings. The van der Waals surface area contributed by atoms with Crippen molar-refractivity contribution in [2.45, 2.75) is 55.8 Å². The lowest BCUT2D eigenvalue weighted by Gasteiger charge is -2.58. The minimum absolute atomic E-state index is 0.00767. The lowest BCUT2D eigenvalue weighted by atomic mass is 9.79. The molecule has 5 fully saturated rings. The Labute approximate surface area is 118 Å². The van der Waals surface area contributed by atoms with Crippen LogP contribution in [0, 0.1) is 0 Å². The van der Waals surface area contributed by atoms with Crippen molar-refractivity contribution in [2.24, 2.45) is 0 Å². The van der Waals surface area contributed by atoms with Gasteiger partial charge in [0.1, 0.15) is 18.3 Å². The maximum Gasteiger partial charge on any atom is 0.272 e. The molecule has 1 aliphatic carbocycles. The average Bonchev–Trinajstić information content (AvgIpc) is 2.44. The van der Waals surface area contributed by atoms with Gasteiger partial charge in [0.2, 0.25) is 0 Å². The summed E-state index contributed by atoms with van der Waals surface area (Å²) in [5, 5.41) is 20.9. The zero-order chi connectivity index (χ0) is 13.5. The third-order valence-corrected chi connectivity index (χ3v) is 4.71. The molecule has 7 heteroatoms. The largest absolute Gasteiger partial charge is 0.388 e. The second-order valence-corrected chi connectivity index (χ2v) is 6.00. The van der Waals surface area contributed by atoms with Crippen LogP contribution >= 0.6 is 0 Å². The van der Waals surface area contributed by atoms with Crippen LogP contribution in [0.3, 0.4) is 0 Å². The van der Waals surface area contributed by atoms with Gasteiger partial charge in [0.25, 0.3) is 6.48 Å². The van der Waals surface area contributed by atoms with Crippen LogP contribution in [0.15, 0.2) is 0 Å². The molecule has 0 amide bonds. The van der Waals surface area contributed by atoms with E-state index in [4.69, 9.17) is 14.2 Å². The Kier molecular flexibility index (Phi) is 3.68. The highest BCUT2D eigenvalue weighted by molar-refractivity contribution is 5.10. The second kappa shape index (κ2) is 5.49. The molecular weight excluding hydrogens is 262 g/mol. The number of aliphatic hydroxyl groups is 1. The number of nitrogens with one attached hydrogen (secondary N) is 3. The molecule has 0 aromatic carbocycles. The molecule has 4 N–H and O–H groups in total. The fraction of sp³-hybridized carbons (Fsp3) is 1.00. The third kappa shape index (κ3) is 2.18. The molecule has 7 nitrogen and oxygen atoms in total. The first-order chi connectivity index (χ1) is 9.84. The standard InChI is InChI=1S/C13H23N3O4/c17-9-11-7-10-8(12(9)20-13(18-10)19-11)16-6-2-4-14-3-1-5-15-7/h7-17H,1-6H2/t7-,8+,9?,10?,11+,12-,13?. The number of aliphatic hydroxyl groups excluding tert-OH is 1. The molecule has 4 aliphatic heterocycles. The summed E-state index contributed by atoms with van der Waals surface area (Å²) in [4.78, 5) is 0. The summed E-state index contributed by atoms with van der Waals surface area (Å²) in [5.74, 6) is 0. The van der Waals surface area contributed by atoms with E-state index in [1.807, 2.05) is 0 Å². The van der Waals surface area contributed by atoms with E-state index < -0.39 is 12.6 Å². The molecule has 114 valence electrons. The van der Waals surface area contributed by atoms with E-state index in [-0.39, 0.29) is 30.4 Å². The molecule has 0 spiro atoms. The van der Waals surface area contributed by atoms with Gasteiger partial charge in [-0.1, -0.05) is 0 Å². The van der Waals surface area contributed by atoms with Crippen LogP contribution in [0.25, 0.3) is 0 Å². The van der Waals surface area contributed by atoms with Gasteiger partial charge in [0.05, 0.1) is 18.2 Å². The Balaban J connectivity index is 1.55. The molecule has 6 bridgehead atoms. The van der Waals surface area contributed by atoms with Crippen molar-refractivity contribution in [2.75, 3.05) is 26.2 Å². The van der Waals surface area contributed by atoms with Crippen LogP contribution in [-0.2, 0) is 14.2 Å². The highest BCUT2D eigenvalue weighted by Crippen LogP contribution is 2.39. The van der Waals surface area contributed by atoms with Crippen molar-refractivity contribution >= 4 is 0 Å². The normalized spacial score (nSPS) is 52.4. The first-order valence-corrected chi connectivity index (χ1v) is 7.66. The summed E-state index contributed by atoms with van der Waals surface area (Å²) in [5.41, 5.74) is 0. The highest BCUT2D eigenvalue weighted by atomic mass is 16.9. The minimum atomic E-state index is -0.607. The lowest BCUT2D eigenvalue weighted by molar-refractivity contribution is -0.456. The van der Waals surface area contributed by atoms with Crippen molar-refractivity contribution in [3.05, 3.63) is 0 Å². The van der Waals surface area contributed by atoms with Crippen LogP contribution in [0.5, 0.6) is 0 Å².